The summed E-state index contributed by atoms with van der Waals surface area (Å²) >= 11 is 3.44. The smallest absolute Gasteiger partial charge is 0.145 e. The summed E-state index contributed by atoms with van der Waals surface area (Å²) < 4.78 is 2.55. The summed E-state index contributed by atoms with van der Waals surface area (Å²) in [6.45, 7) is 1.96. The molecule has 0 aliphatic rings. The van der Waals surface area contributed by atoms with E-state index in [2.05, 4.69) is 21.0 Å². The van der Waals surface area contributed by atoms with Crippen molar-refractivity contribution in [2.24, 2.45) is 0 Å². The van der Waals surface area contributed by atoms with Crippen LogP contribution in [0.4, 0.5) is 5.82 Å². The van der Waals surface area contributed by atoms with Crippen LogP contribution in [0.3, 0.4) is 0 Å². The van der Waals surface area contributed by atoms with Crippen LogP contribution >= 0.6 is 15.9 Å². The van der Waals surface area contributed by atoms with Gasteiger partial charge in [0.15, 0.2) is 0 Å². The van der Waals surface area contributed by atoms with Crippen molar-refractivity contribution in [2.45, 2.75) is 6.92 Å². The van der Waals surface area contributed by atoms with Crippen LogP contribution in [0, 0.1) is 18.3 Å². The van der Waals surface area contributed by atoms with E-state index in [0.717, 1.165) is 15.7 Å². The number of nitrogens with two attached hydrogens (primary N) is 1. The van der Waals surface area contributed by atoms with Crippen molar-refractivity contribution < 1.29 is 0 Å². The van der Waals surface area contributed by atoms with Gasteiger partial charge in [-0.3, -0.25) is 0 Å². The lowest BCUT2D eigenvalue weighted by molar-refractivity contribution is 0.882. The van der Waals surface area contributed by atoms with Crippen LogP contribution in [-0.2, 0) is 0 Å². The van der Waals surface area contributed by atoms with Crippen molar-refractivity contribution in [1.29, 1.82) is 5.26 Å². The summed E-state index contributed by atoms with van der Waals surface area (Å²) in [5.74, 6) is 0.365. The summed E-state index contributed by atoms with van der Waals surface area (Å²) in [5.41, 5.74) is 8.11. The molecule has 1 aromatic heterocycles. The molecule has 16 heavy (non-hydrogen) atoms. The van der Waals surface area contributed by atoms with Crippen LogP contribution in [0.2, 0.25) is 0 Å². The van der Waals surface area contributed by atoms with Crippen LogP contribution in [0.25, 0.3) is 5.69 Å². The number of anilines is 1. The molecule has 2 rings (SSSR count). The predicted molar refractivity (Wildman–Crippen MR) is 65.1 cm³/mol. The summed E-state index contributed by atoms with van der Waals surface area (Å²) in [4.78, 5) is 0. The molecule has 4 nitrogen and oxygen atoms in total. The van der Waals surface area contributed by atoms with Crippen LogP contribution in [0.5, 0.6) is 0 Å². The van der Waals surface area contributed by atoms with Gasteiger partial charge >= 0.3 is 0 Å². The Balaban J connectivity index is 2.64. The molecule has 0 fully saturated rings. The number of hydrogen-bond acceptors (Lipinski definition) is 3. The van der Waals surface area contributed by atoms with Crippen LogP contribution in [0.15, 0.2) is 28.9 Å². The van der Waals surface area contributed by atoms with E-state index in [4.69, 9.17) is 11.0 Å². The number of nitrogen functional groups attached to an aromatic ring is 1. The van der Waals surface area contributed by atoms with Crippen LogP contribution < -0.4 is 5.73 Å². The molecule has 0 aliphatic carbocycles. The van der Waals surface area contributed by atoms with Gasteiger partial charge in [-0.2, -0.15) is 10.4 Å². The third kappa shape index (κ3) is 1.57. The van der Waals surface area contributed by atoms with E-state index in [1.54, 1.807) is 4.68 Å². The topological polar surface area (TPSA) is 67.6 Å². The van der Waals surface area contributed by atoms with Crippen molar-refractivity contribution in [1.82, 2.24) is 9.78 Å². The molecule has 80 valence electrons. The molecule has 2 aromatic rings. The molecule has 2 N–H and O–H groups in total. The second-order valence-electron chi connectivity index (χ2n) is 3.35. The summed E-state index contributed by atoms with van der Waals surface area (Å²) in [6.07, 6.45) is 1.47. The number of nitrogens with zero attached hydrogens (tertiary/aromatic N) is 3. The second-order valence-corrected chi connectivity index (χ2v) is 4.21. The number of nitriles is 1. The van der Waals surface area contributed by atoms with Gasteiger partial charge in [0.2, 0.25) is 0 Å². The first-order chi connectivity index (χ1) is 7.65. The van der Waals surface area contributed by atoms with Crippen molar-refractivity contribution in [3.05, 3.63) is 40.0 Å². The Hall–Kier alpha value is -1.80. The molecule has 0 unspecified atom stereocenters. The first-order valence-corrected chi connectivity index (χ1v) is 5.43. The van der Waals surface area contributed by atoms with Gasteiger partial charge in [-0.25, -0.2) is 4.68 Å². The Bertz CT molecular complexity index is 580. The fraction of sp³-hybridized carbons (Fsp3) is 0.0909. The SMILES string of the molecule is Cc1c(Br)cccc1-n1ncc(C#N)c1N. The van der Waals surface area contributed by atoms with E-state index in [9.17, 15) is 0 Å². The maximum Gasteiger partial charge on any atom is 0.145 e. The average molecular weight is 277 g/mol. The monoisotopic (exact) mass is 276 g/mol. The highest BCUT2D eigenvalue weighted by Crippen LogP contribution is 2.24. The summed E-state index contributed by atoms with van der Waals surface area (Å²) in [5, 5.41) is 12.9. The minimum atomic E-state index is 0.365. The number of aromatic nitrogens is 2. The van der Waals surface area contributed by atoms with E-state index >= 15 is 0 Å². The lowest BCUT2D eigenvalue weighted by Crippen LogP contribution is -2.04. The third-order valence-electron chi connectivity index (χ3n) is 2.39. The third-order valence-corrected chi connectivity index (χ3v) is 3.25. The first-order valence-electron chi connectivity index (χ1n) is 4.64. The van der Waals surface area contributed by atoms with Crippen LogP contribution in [-0.4, -0.2) is 9.78 Å². The Morgan fingerprint density at radius 2 is 2.25 bits per heavy atom. The van der Waals surface area contributed by atoms with Gasteiger partial charge in [0.05, 0.1) is 11.9 Å². The predicted octanol–water partition coefficient (Wildman–Crippen LogP) is 2.40. The first kappa shape index (κ1) is 10.7. The van der Waals surface area contributed by atoms with E-state index in [-0.39, 0.29) is 0 Å². The Morgan fingerprint density at radius 1 is 1.50 bits per heavy atom. The Labute approximate surface area is 101 Å². The summed E-state index contributed by atoms with van der Waals surface area (Å²) in [7, 11) is 0. The largest absolute Gasteiger partial charge is 0.382 e. The maximum atomic E-state index is 8.81. The van der Waals surface area contributed by atoms with Crippen molar-refractivity contribution in [3.63, 3.8) is 0 Å². The van der Waals surface area contributed by atoms with Gasteiger partial charge in [0, 0.05) is 4.47 Å². The number of rotatable bonds is 1. The molecule has 0 amide bonds. The fourth-order valence-electron chi connectivity index (χ4n) is 1.46. The van der Waals surface area contributed by atoms with E-state index in [1.807, 2.05) is 31.2 Å². The lowest BCUT2D eigenvalue weighted by atomic mass is 10.2. The minimum absolute atomic E-state index is 0.365. The molecule has 1 aromatic carbocycles. The summed E-state index contributed by atoms with van der Waals surface area (Å²) in [6, 6.07) is 7.76. The molecule has 0 atom stereocenters. The Kier molecular flexibility index (Phi) is 2.67. The zero-order valence-corrected chi connectivity index (χ0v) is 10.2. The van der Waals surface area contributed by atoms with E-state index in [1.165, 1.54) is 6.20 Å². The molecular formula is C11H9BrN4. The highest BCUT2D eigenvalue weighted by Gasteiger charge is 2.11. The number of benzene rings is 1. The van der Waals surface area contributed by atoms with Crippen LogP contribution in [0.1, 0.15) is 11.1 Å². The average Bonchev–Trinajstić information content (AvgIpc) is 2.64. The van der Waals surface area contributed by atoms with Gasteiger partial charge in [-0.1, -0.05) is 22.0 Å². The zero-order chi connectivity index (χ0) is 11.7. The molecule has 0 aliphatic heterocycles. The van der Waals surface area contributed by atoms with Gasteiger partial charge < -0.3 is 5.73 Å². The molecular weight excluding hydrogens is 268 g/mol. The molecule has 0 bridgehead atoms. The van der Waals surface area contributed by atoms with Gasteiger partial charge in [0.1, 0.15) is 17.5 Å². The second kappa shape index (κ2) is 3.99. The van der Waals surface area contributed by atoms with Gasteiger partial charge in [-0.05, 0) is 24.6 Å². The zero-order valence-electron chi connectivity index (χ0n) is 8.61. The molecule has 0 spiro atoms. The number of halogens is 1. The minimum Gasteiger partial charge on any atom is -0.382 e. The quantitative estimate of drug-likeness (QED) is 0.870. The molecule has 0 radical (unpaired) electrons. The van der Waals surface area contributed by atoms with Crippen molar-refractivity contribution >= 4 is 21.7 Å². The van der Waals surface area contributed by atoms with Gasteiger partial charge in [-0.15, -0.1) is 0 Å². The fourth-order valence-corrected chi connectivity index (χ4v) is 1.82. The maximum absolute atomic E-state index is 8.81. The van der Waals surface area contributed by atoms with Gasteiger partial charge in [0.25, 0.3) is 0 Å². The van der Waals surface area contributed by atoms with Crippen molar-refractivity contribution in [2.75, 3.05) is 5.73 Å². The highest BCUT2D eigenvalue weighted by molar-refractivity contribution is 9.10. The Morgan fingerprint density at radius 3 is 2.88 bits per heavy atom. The van der Waals surface area contributed by atoms with E-state index in [0.29, 0.717) is 11.4 Å². The molecule has 1 heterocycles. The highest BCUT2D eigenvalue weighted by atomic mass is 79.9. The van der Waals surface area contributed by atoms with E-state index < -0.39 is 0 Å². The molecule has 0 saturated heterocycles. The molecule has 0 saturated carbocycles. The lowest BCUT2D eigenvalue weighted by Gasteiger charge is -2.08. The normalized spacial score (nSPS) is 10.1. The standard InChI is InChI=1S/C11H9BrN4/c1-7-9(12)3-2-4-10(7)16-11(14)8(5-13)6-15-16/h2-4,6H,14H2,1H3. The number of hydrogen-bond donors (Lipinski definition) is 1. The molecule has 5 heteroatoms. The van der Waals surface area contributed by atoms with Crippen molar-refractivity contribution in [3.8, 4) is 11.8 Å².